The van der Waals surface area contributed by atoms with Gasteiger partial charge in [-0.2, -0.15) is 0 Å². The highest BCUT2D eigenvalue weighted by molar-refractivity contribution is 7.73. The summed E-state index contributed by atoms with van der Waals surface area (Å²) in [5.74, 6) is -1.03. The molecule has 1 aromatic carbocycles. The van der Waals surface area contributed by atoms with Crippen LogP contribution in [0.2, 0.25) is 0 Å². The predicted octanol–water partition coefficient (Wildman–Crippen LogP) is 3.26. The highest BCUT2D eigenvalue weighted by atomic mass is 32.1. The van der Waals surface area contributed by atoms with Crippen molar-refractivity contribution in [1.82, 2.24) is 4.57 Å². The van der Waals surface area contributed by atoms with E-state index in [1.54, 1.807) is 7.05 Å². The first-order valence-corrected chi connectivity index (χ1v) is 7.12. The largest absolute Gasteiger partial charge is 0.477 e. The van der Waals surface area contributed by atoms with E-state index >= 15 is 0 Å². The number of carbonyl (C=O) groups is 2. The van der Waals surface area contributed by atoms with Gasteiger partial charge in [0.05, 0.1) is 0 Å². The zero-order chi connectivity index (χ0) is 15.4. The average molecular weight is 324 g/mol. The van der Waals surface area contributed by atoms with Crippen LogP contribution >= 0.6 is 23.6 Å². The van der Waals surface area contributed by atoms with Crippen molar-refractivity contribution in [2.24, 2.45) is 7.05 Å². The number of carboxylic acid groups (broad SMARTS) is 1. The lowest BCUT2D eigenvalue weighted by molar-refractivity contribution is 0.0702. The molecule has 0 aliphatic heterocycles. The Labute approximate surface area is 129 Å². The molecule has 1 heterocycles. The van der Waals surface area contributed by atoms with Crippen LogP contribution in [0, 0.1) is 3.95 Å². The van der Waals surface area contributed by atoms with E-state index in [9.17, 15) is 9.59 Å². The van der Waals surface area contributed by atoms with Crippen molar-refractivity contribution >= 4 is 41.4 Å². The number of amides is 1. The maximum atomic E-state index is 11.8. The number of anilines is 1. The molecule has 8 heteroatoms. The van der Waals surface area contributed by atoms with Gasteiger partial charge in [-0.15, -0.1) is 0 Å². The van der Waals surface area contributed by atoms with Gasteiger partial charge in [0.2, 0.25) is 0 Å². The second kappa shape index (κ2) is 6.51. The predicted molar refractivity (Wildman–Crippen MR) is 81.3 cm³/mol. The third-order valence-corrected chi connectivity index (χ3v) is 4.19. The summed E-state index contributed by atoms with van der Waals surface area (Å²) in [6, 6.07) is 9.17. The molecule has 0 fully saturated rings. The Balaban J connectivity index is 2.06. The first kappa shape index (κ1) is 15.2. The Bertz CT molecular complexity index is 722. The van der Waals surface area contributed by atoms with Crippen molar-refractivity contribution in [3.63, 3.8) is 0 Å². The van der Waals surface area contributed by atoms with Gasteiger partial charge in [-0.05, 0) is 17.8 Å². The third-order valence-electron chi connectivity index (χ3n) is 2.64. The van der Waals surface area contributed by atoms with Gasteiger partial charge >= 0.3 is 12.1 Å². The number of nitrogens with zero attached hydrogens (tertiary/aromatic N) is 1. The Morgan fingerprint density at radius 2 is 2.05 bits per heavy atom. The van der Waals surface area contributed by atoms with Gasteiger partial charge in [-0.25, -0.2) is 9.59 Å². The van der Waals surface area contributed by atoms with E-state index in [4.69, 9.17) is 22.1 Å². The quantitative estimate of drug-likeness (QED) is 0.844. The number of carboxylic acids is 1. The number of hydrogen-bond donors (Lipinski definition) is 2. The van der Waals surface area contributed by atoms with E-state index in [1.807, 2.05) is 30.3 Å². The fraction of sp³-hybridized carbons (Fsp3) is 0.154. The van der Waals surface area contributed by atoms with Crippen molar-refractivity contribution in [3.05, 3.63) is 44.7 Å². The minimum absolute atomic E-state index is 0.0286. The molecule has 1 amide bonds. The zero-order valence-corrected chi connectivity index (χ0v) is 12.7. The summed E-state index contributed by atoms with van der Waals surface area (Å²) in [6.45, 7) is 0.101. The van der Waals surface area contributed by atoms with E-state index in [0.29, 0.717) is 3.95 Å². The number of rotatable bonds is 4. The second-order valence-corrected chi connectivity index (χ2v) is 5.74. The van der Waals surface area contributed by atoms with E-state index < -0.39 is 12.1 Å². The molecule has 1 aromatic heterocycles. The van der Waals surface area contributed by atoms with Crippen molar-refractivity contribution < 1.29 is 19.4 Å². The molecule has 2 rings (SSSR count). The minimum Gasteiger partial charge on any atom is -0.477 e. The lowest BCUT2D eigenvalue weighted by atomic mass is 10.2. The maximum absolute atomic E-state index is 11.8. The van der Waals surface area contributed by atoms with Crippen LogP contribution < -0.4 is 5.32 Å². The molecular formula is C13H12N2O4S2. The van der Waals surface area contributed by atoms with Crippen molar-refractivity contribution in [2.45, 2.75) is 6.61 Å². The summed E-state index contributed by atoms with van der Waals surface area (Å²) >= 11 is 5.91. The molecular weight excluding hydrogens is 312 g/mol. The van der Waals surface area contributed by atoms with Crippen LogP contribution in [0.15, 0.2) is 30.3 Å². The van der Waals surface area contributed by atoms with E-state index in [-0.39, 0.29) is 17.3 Å². The van der Waals surface area contributed by atoms with Crippen LogP contribution in [0.5, 0.6) is 0 Å². The average Bonchev–Trinajstić information content (AvgIpc) is 2.75. The molecule has 0 radical (unpaired) electrons. The summed E-state index contributed by atoms with van der Waals surface area (Å²) in [7, 11) is 1.58. The van der Waals surface area contributed by atoms with Gasteiger partial charge in [-0.1, -0.05) is 41.7 Å². The van der Waals surface area contributed by atoms with Crippen molar-refractivity contribution in [3.8, 4) is 0 Å². The number of ether oxygens (including phenoxy) is 1. The smallest absolute Gasteiger partial charge is 0.413 e. The number of nitrogens with one attached hydrogen (secondary N) is 1. The fourth-order valence-electron chi connectivity index (χ4n) is 1.59. The molecule has 6 nitrogen and oxygen atoms in total. The van der Waals surface area contributed by atoms with Gasteiger partial charge < -0.3 is 14.4 Å². The Hall–Kier alpha value is -2.19. The molecule has 110 valence electrons. The zero-order valence-electron chi connectivity index (χ0n) is 11.0. The lowest BCUT2D eigenvalue weighted by Crippen LogP contribution is -2.17. The van der Waals surface area contributed by atoms with E-state index in [0.717, 1.165) is 16.9 Å². The van der Waals surface area contributed by atoms with Gasteiger partial charge in [-0.3, -0.25) is 5.32 Å². The molecule has 0 saturated carbocycles. The number of thiazole rings is 1. The fourth-order valence-corrected chi connectivity index (χ4v) is 2.71. The molecule has 2 aromatic rings. The van der Waals surface area contributed by atoms with Gasteiger partial charge in [0.1, 0.15) is 12.4 Å². The molecule has 2 N–H and O–H groups in total. The first-order chi connectivity index (χ1) is 9.99. The number of aromatic carboxylic acids is 1. The second-order valence-electron chi connectivity index (χ2n) is 4.10. The molecule has 0 unspecified atom stereocenters. The summed E-state index contributed by atoms with van der Waals surface area (Å²) in [4.78, 5) is 22.8. The summed E-state index contributed by atoms with van der Waals surface area (Å²) < 4.78 is 6.82. The van der Waals surface area contributed by atoms with E-state index in [1.165, 1.54) is 4.57 Å². The normalized spacial score (nSPS) is 10.1. The minimum atomic E-state index is -1.15. The van der Waals surface area contributed by atoms with Crippen molar-refractivity contribution in [1.29, 1.82) is 0 Å². The maximum Gasteiger partial charge on any atom is 0.413 e. The first-order valence-electron chi connectivity index (χ1n) is 5.90. The molecule has 0 bridgehead atoms. The Kier molecular flexibility index (Phi) is 4.71. The molecule has 0 aliphatic carbocycles. The lowest BCUT2D eigenvalue weighted by Gasteiger charge is -2.08. The standard InChI is InChI=1S/C13H12N2O4S2/c1-15-10(9(11(16)17)21-13(15)20)14-12(18)19-7-8-5-3-2-4-6-8/h2-6H,7H2,1H3,(H,14,18)(H,16,17). The number of benzene rings is 1. The van der Waals surface area contributed by atoms with Crippen LogP contribution in [0.25, 0.3) is 0 Å². The monoisotopic (exact) mass is 324 g/mol. The van der Waals surface area contributed by atoms with Crippen molar-refractivity contribution in [2.75, 3.05) is 5.32 Å². The van der Waals surface area contributed by atoms with Gasteiger partial charge in [0.15, 0.2) is 8.83 Å². The van der Waals surface area contributed by atoms with E-state index in [2.05, 4.69) is 5.32 Å². The highest BCUT2D eigenvalue weighted by Gasteiger charge is 2.19. The van der Waals surface area contributed by atoms with Gasteiger partial charge in [0, 0.05) is 7.05 Å². The number of hydrogen-bond acceptors (Lipinski definition) is 5. The van der Waals surface area contributed by atoms with Gasteiger partial charge in [0.25, 0.3) is 0 Å². The van der Waals surface area contributed by atoms with Crippen LogP contribution in [0.1, 0.15) is 15.2 Å². The number of aromatic nitrogens is 1. The summed E-state index contributed by atoms with van der Waals surface area (Å²) in [5.41, 5.74) is 0.838. The van der Waals surface area contributed by atoms with Crippen LogP contribution in [0.4, 0.5) is 10.6 Å². The molecule has 0 saturated heterocycles. The Morgan fingerprint density at radius 3 is 2.67 bits per heavy atom. The molecule has 0 aliphatic rings. The molecule has 21 heavy (non-hydrogen) atoms. The highest BCUT2D eigenvalue weighted by Crippen LogP contribution is 2.23. The molecule has 0 atom stereocenters. The topological polar surface area (TPSA) is 80.6 Å². The van der Waals surface area contributed by atoms with Crippen LogP contribution in [0.3, 0.4) is 0 Å². The third kappa shape index (κ3) is 3.67. The summed E-state index contributed by atoms with van der Waals surface area (Å²) in [6.07, 6.45) is -0.732. The SMILES string of the molecule is Cn1c(NC(=O)OCc2ccccc2)c(C(=O)O)sc1=S. The molecule has 0 spiro atoms. The van der Waals surface area contributed by atoms with Crippen LogP contribution in [-0.4, -0.2) is 21.7 Å². The Morgan fingerprint density at radius 1 is 1.38 bits per heavy atom. The number of carbonyl (C=O) groups excluding carboxylic acids is 1. The summed E-state index contributed by atoms with van der Waals surface area (Å²) in [5, 5.41) is 11.5. The van der Waals surface area contributed by atoms with Crippen LogP contribution in [-0.2, 0) is 18.4 Å².